The van der Waals surface area contributed by atoms with Crippen molar-refractivity contribution in [2.75, 3.05) is 17.4 Å². The van der Waals surface area contributed by atoms with Crippen LogP contribution in [0.5, 0.6) is 0 Å². The molecule has 0 aromatic heterocycles. The van der Waals surface area contributed by atoms with E-state index in [1.54, 1.807) is 49.4 Å². The largest absolute Gasteiger partial charge is 0.354 e. The molecule has 214 valence electrons. The smallest absolute Gasteiger partial charge is 0.264 e. The quantitative estimate of drug-likeness (QED) is 0.252. The van der Waals surface area contributed by atoms with E-state index in [4.69, 9.17) is 34.8 Å². The Kier molecular flexibility index (Phi) is 11.3. The standard InChI is InChI=1S/C29H32Cl3N3O4S/c1-4-26(29(37)33-17-20(2)3)34(18-21-10-8-9-13-24(21)31)28(36)19-35(27-15-14-22(30)16-25(27)32)40(38,39)23-11-6-5-7-12-23/h5-16,20,26H,4,17-19H2,1-3H3,(H,33,37). The summed E-state index contributed by atoms with van der Waals surface area (Å²) in [5.74, 6) is -0.733. The molecule has 7 nitrogen and oxygen atoms in total. The van der Waals surface area contributed by atoms with Crippen molar-refractivity contribution in [1.29, 1.82) is 0 Å². The maximum absolute atomic E-state index is 14.1. The van der Waals surface area contributed by atoms with Gasteiger partial charge in [-0.15, -0.1) is 0 Å². The molecule has 3 rings (SSSR count). The van der Waals surface area contributed by atoms with Crippen LogP contribution in [0.2, 0.25) is 15.1 Å². The average Bonchev–Trinajstić information content (AvgIpc) is 2.92. The molecule has 3 aromatic rings. The van der Waals surface area contributed by atoms with Gasteiger partial charge < -0.3 is 10.2 Å². The number of rotatable bonds is 12. The van der Waals surface area contributed by atoms with Gasteiger partial charge in [-0.2, -0.15) is 0 Å². The van der Waals surface area contributed by atoms with Crippen LogP contribution in [0.3, 0.4) is 0 Å². The molecule has 1 N–H and O–H groups in total. The summed E-state index contributed by atoms with van der Waals surface area (Å²) >= 11 is 18.9. The van der Waals surface area contributed by atoms with Gasteiger partial charge in [0.25, 0.3) is 10.0 Å². The van der Waals surface area contributed by atoms with Crippen LogP contribution in [0.15, 0.2) is 77.7 Å². The van der Waals surface area contributed by atoms with Gasteiger partial charge in [0.15, 0.2) is 0 Å². The second-order valence-corrected chi connectivity index (χ2v) is 12.7. The lowest BCUT2D eigenvalue weighted by Crippen LogP contribution is -2.52. The Morgan fingerprint density at radius 3 is 2.15 bits per heavy atom. The van der Waals surface area contributed by atoms with Crippen molar-refractivity contribution in [1.82, 2.24) is 10.2 Å². The molecule has 0 aliphatic carbocycles. The van der Waals surface area contributed by atoms with E-state index in [9.17, 15) is 18.0 Å². The second-order valence-electron chi connectivity index (χ2n) is 9.60. The number of carbonyl (C=O) groups is 2. The van der Waals surface area contributed by atoms with Crippen LogP contribution in [0.1, 0.15) is 32.8 Å². The first-order valence-corrected chi connectivity index (χ1v) is 15.4. The number of hydrogen-bond acceptors (Lipinski definition) is 4. The van der Waals surface area contributed by atoms with Gasteiger partial charge in [0.1, 0.15) is 12.6 Å². The third kappa shape index (κ3) is 7.91. The molecule has 0 spiro atoms. The van der Waals surface area contributed by atoms with E-state index >= 15 is 0 Å². The molecule has 0 aliphatic heterocycles. The lowest BCUT2D eigenvalue weighted by atomic mass is 10.1. The molecule has 2 amide bonds. The van der Waals surface area contributed by atoms with Crippen molar-refractivity contribution in [2.45, 2.75) is 44.7 Å². The minimum absolute atomic E-state index is 0.000311. The number of carbonyl (C=O) groups excluding carboxylic acids is 2. The first kappa shape index (κ1) is 31.7. The number of nitrogens with one attached hydrogen (secondary N) is 1. The molecule has 0 aliphatic rings. The van der Waals surface area contributed by atoms with Crippen molar-refractivity contribution in [3.05, 3.63) is 93.4 Å². The molecule has 1 atom stereocenters. The van der Waals surface area contributed by atoms with Gasteiger partial charge in [-0.3, -0.25) is 13.9 Å². The Hall–Kier alpha value is -2.78. The van der Waals surface area contributed by atoms with E-state index in [-0.39, 0.29) is 34.0 Å². The average molecular weight is 625 g/mol. The van der Waals surface area contributed by atoms with Gasteiger partial charge in [-0.1, -0.05) is 92.0 Å². The monoisotopic (exact) mass is 623 g/mol. The molecule has 0 radical (unpaired) electrons. The van der Waals surface area contributed by atoms with Crippen LogP contribution < -0.4 is 9.62 Å². The van der Waals surface area contributed by atoms with Crippen molar-refractivity contribution < 1.29 is 18.0 Å². The predicted octanol–water partition coefficient (Wildman–Crippen LogP) is 6.42. The van der Waals surface area contributed by atoms with Crippen LogP contribution in [0, 0.1) is 5.92 Å². The minimum atomic E-state index is -4.24. The zero-order chi connectivity index (χ0) is 29.4. The topological polar surface area (TPSA) is 86.8 Å². The summed E-state index contributed by atoms with van der Waals surface area (Å²) in [6, 6.07) is 18.2. The van der Waals surface area contributed by atoms with E-state index in [0.29, 0.717) is 28.6 Å². The SMILES string of the molecule is CCC(C(=O)NCC(C)C)N(Cc1ccccc1Cl)C(=O)CN(c1ccc(Cl)cc1Cl)S(=O)(=O)c1ccccc1. The molecule has 1 unspecified atom stereocenters. The van der Waals surface area contributed by atoms with E-state index in [2.05, 4.69) is 5.32 Å². The third-order valence-corrected chi connectivity index (χ3v) is 8.84. The fourth-order valence-electron chi connectivity index (χ4n) is 4.07. The van der Waals surface area contributed by atoms with Crippen molar-refractivity contribution >= 4 is 62.3 Å². The van der Waals surface area contributed by atoms with Gasteiger partial charge in [0.2, 0.25) is 11.8 Å². The van der Waals surface area contributed by atoms with E-state index in [0.717, 1.165) is 4.31 Å². The summed E-state index contributed by atoms with van der Waals surface area (Å²) in [5, 5.41) is 3.68. The summed E-state index contributed by atoms with van der Waals surface area (Å²) in [5.41, 5.74) is 0.702. The Labute approximate surface area is 251 Å². The molecular formula is C29H32Cl3N3O4S. The molecule has 0 heterocycles. The van der Waals surface area contributed by atoms with Crippen LogP contribution in [0.4, 0.5) is 5.69 Å². The molecule has 0 fully saturated rings. The number of benzene rings is 3. The summed E-state index contributed by atoms with van der Waals surface area (Å²) < 4.78 is 28.7. The fourth-order valence-corrected chi connectivity index (χ4v) is 6.28. The van der Waals surface area contributed by atoms with Crippen LogP contribution in [0.25, 0.3) is 0 Å². The van der Waals surface area contributed by atoms with Crippen molar-refractivity contribution in [3.8, 4) is 0 Å². The number of nitrogens with zero attached hydrogens (tertiary/aromatic N) is 2. The number of sulfonamides is 1. The first-order chi connectivity index (χ1) is 18.9. The summed E-state index contributed by atoms with van der Waals surface area (Å²) in [7, 11) is -4.24. The molecule has 0 saturated heterocycles. The highest BCUT2D eigenvalue weighted by Crippen LogP contribution is 2.33. The summed E-state index contributed by atoms with van der Waals surface area (Å²) in [6.07, 6.45) is 0.299. The summed E-state index contributed by atoms with van der Waals surface area (Å²) in [4.78, 5) is 28.7. The summed E-state index contributed by atoms with van der Waals surface area (Å²) in [6.45, 7) is 5.54. The first-order valence-electron chi connectivity index (χ1n) is 12.8. The highest BCUT2D eigenvalue weighted by Gasteiger charge is 2.34. The minimum Gasteiger partial charge on any atom is -0.354 e. The Morgan fingerprint density at radius 1 is 0.900 bits per heavy atom. The molecule has 0 saturated carbocycles. The molecule has 3 aromatic carbocycles. The number of halogens is 3. The van der Waals surface area contributed by atoms with Crippen LogP contribution >= 0.6 is 34.8 Å². The second kappa shape index (κ2) is 14.2. The molecule has 11 heteroatoms. The molecule has 40 heavy (non-hydrogen) atoms. The van der Waals surface area contributed by atoms with Gasteiger partial charge in [-0.05, 0) is 54.3 Å². The lowest BCUT2D eigenvalue weighted by molar-refractivity contribution is -0.140. The van der Waals surface area contributed by atoms with Gasteiger partial charge in [-0.25, -0.2) is 8.42 Å². The zero-order valence-corrected chi connectivity index (χ0v) is 25.6. The van der Waals surface area contributed by atoms with Gasteiger partial charge in [0, 0.05) is 23.1 Å². The Balaban J connectivity index is 2.08. The Bertz CT molecular complexity index is 1440. The highest BCUT2D eigenvalue weighted by atomic mass is 35.5. The van der Waals surface area contributed by atoms with Crippen LogP contribution in [-0.2, 0) is 26.2 Å². The molecular weight excluding hydrogens is 593 g/mol. The van der Waals surface area contributed by atoms with Gasteiger partial charge >= 0.3 is 0 Å². The van der Waals surface area contributed by atoms with E-state index in [1.807, 2.05) is 13.8 Å². The van der Waals surface area contributed by atoms with Crippen molar-refractivity contribution in [2.24, 2.45) is 5.92 Å². The maximum Gasteiger partial charge on any atom is 0.264 e. The van der Waals surface area contributed by atoms with Gasteiger partial charge in [0.05, 0.1) is 15.6 Å². The van der Waals surface area contributed by atoms with Crippen LogP contribution in [-0.4, -0.2) is 44.3 Å². The highest BCUT2D eigenvalue weighted by molar-refractivity contribution is 7.92. The number of amides is 2. The predicted molar refractivity (Wildman–Crippen MR) is 161 cm³/mol. The third-order valence-electron chi connectivity index (χ3n) is 6.16. The Morgan fingerprint density at radius 2 is 1.55 bits per heavy atom. The van der Waals surface area contributed by atoms with Crippen molar-refractivity contribution in [3.63, 3.8) is 0 Å². The number of hydrogen-bond donors (Lipinski definition) is 1. The maximum atomic E-state index is 14.1. The van der Waals surface area contributed by atoms with E-state index in [1.165, 1.54) is 35.2 Å². The number of anilines is 1. The zero-order valence-electron chi connectivity index (χ0n) is 22.5. The fraction of sp³-hybridized carbons (Fsp3) is 0.310. The van der Waals surface area contributed by atoms with E-state index < -0.39 is 28.5 Å². The molecule has 0 bridgehead atoms. The normalized spacial score (nSPS) is 12.2. The lowest BCUT2D eigenvalue weighted by Gasteiger charge is -2.33.